The van der Waals surface area contributed by atoms with Crippen LogP contribution in [0.4, 0.5) is 4.39 Å². The third-order valence-electron chi connectivity index (χ3n) is 3.88. The fourth-order valence-corrected chi connectivity index (χ4v) is 2.50. The van der Waals surface area contributed by atoms with Gasteiger partial charge in [0.05, 0.1) is 25.9 Å². The zero-order chi connectivity index (χ0) is 18.4. The van der Waals surface area contributed by atoms with Gasteiger partial charge >= 0.3 is 0 Å². The SMILES string of the molecule is COc1ccnc(CNC(=O)c2ccc(F)c(CNC3=NCCN3)c2)c1. The number of aromatic nitrogens is 1. The van der Waals surface area contributed by atoms with Crippen molar-refractivity contribution in [2.24, 2.45) is 4.99 Å². The van der Waals surface area contributed by atoms with Gasteiger partial charge in [0, 0.05) is 36.5 Å². The minimum atomic E-state index is -0.373. The number of hydrogen-bond acceptors (Lipinski definition) is 6. The van der Waals surface area contributed by atoms with E-state index < -0.39 is 0 Å². The third-order valence-corrected chi connectivity index (χ3v) is 3.88. The molecule has 2 aromatic rings. The van der Waals surface area contributed by atoms with Crippen LogP contribution in [0.5, 0.6) is 5.75 Å². The van der Waals surface area contributed by atoms with Crippen molar-refractivity contribution < 1.29 is 13.9 Å². The molecular weight excluding hydrogens is 337 g/mol. The Balaban J connectivity index is 1.62. The van der Waals surface area contributed by atoms with Crippen LogP contribution in [0.3, 0.4) is 0 Å². The predicted molar refractivity (Wildman–Crippen MR) is 95.5 cm³/mol. The standard InChI is InChI=1S/C18H20FN5O2/c1-26-15-4-5-20-14(9-15)11-23-17(25)12-2-3-16(19)13(8-12)10-24-18-21-6-7-22-18/h2-5,8-9H,6-7,10-11H2,1H3,(H,23,25)(H2,21,22,24). The molecule has 1 aromatic carbocycles. The van der Waals surface area contributed by atoms with E-state index in [-0.39, 0.29) is 24.8 Å². The van der Waals surface area contributed by atoms with Crippen LogP contribution in [0.2, 0.25) is 0 Å². The first-order chi connectivity index (χ1) is 12.7. The molecule has 0 radical (unpaired) electrons. The Morgan fingerprint density at radius 2 is 2.19 bits per heavy atom. The molecule has 0 fully saturated rings. The number of benzene rings is 1. The summed E-state index contributed by atoms with van der Waals surface area (Å²) < 4.78 is 19.1. The number of halogens is 1. The summed E-state index contributed by atoms with van der Waals surface area (Å²) in [6.45, 7) is 1.97. The van der Waals surface area contributed by atoms with Gasteiger partial charge in [-0.3, -0.25) is 14.8 Å². The van der Waals surface area contributed by atoms with Gasteiger partial charge in [-0.25, -0.2) is 4.39 Å². The summed E-state index contributed by atoms with van der Waals surface area (Å²) in [6.07, 6.45) is 1.61. The van der Waals surface area contributed by atoms with Crippen LogP contribution in [0, 0.1) is 5.82 Å². The highest BCUT2D eigenvalue weighted by Crippen LogP contribution is 2.12. The number of ether oxygens (including phenoxy) is 1. The van der Waals surface area contributed by atoms with E-state index >= 15 is 0 Å². The number of hydrogen-bond donors (Lipinski definition) is 3. The molecule has 2 heterocycles. The van der Waals surface area contributed by atoms with Gasteiger partial charge in [0.15, 0.2) is 5.96 Å². The van der Waals surface area contributed by atoms with Gasteiger partial charge in [-0.05, 0) is 24.3 Å². The molecule has 0 atom stereocenters. The minimum Gasteiger partial charge on any atom is -0.497 e. The van der Waals surface area contributed by atoms with Crippen molar-refractivity contribution in [2.75, 3.05) is 20.2 Å². The molecule has 0 saturated carbocycles. The summed E-state index contributed by atoms with van der Waals surface area (Å²) in [7, 11) is 1.57. The van der Waals surface area contributed by atoms with Gasteiger partial charge < -0.3 is 20.7 Å². The fraction of sp³-hybridized carbons (Fsp3) is 0.278. The number of guanidine groups is 1. The van der Waals surface area contributed by atoms with Gasteiger partial charge in [0.2, 0.25) is 0 Å². The Morgan fingerprint density at radius 1 is 1.31 bits per heavy atom. The molecule has 3 N–H and O–H groups in total. The average molecular weight is 357 g/mol. The summed E-state index contributed by atoms with van der Waals surface area (Å²) in [6, 6.07) is 7.76. The van der Waals surface area contributed by atoms with E-state index in [4.69, 9.17) is 4.74 Å². The molecule has 26 heavy (non-hydrogen) atoms. The van der Waals surface area contributed by atoms with Crippen LogP contribution in [-0.4, -0.2) is 37.1 Å². The van der Waals surface area contributed by atoms with Crippen LogP contribution < -0.4 is 20.7 Å². The van der Waals surface area contributed by atoms with Crippen LogP contribution >= 0.6 is 0 Å². The second kappa shape index (κ2) is 8.28. The highest BCUT2D eigenvalue weighted by Gasteiger charge is 2.11. The van der Waals surface area contributed by atoms with Gasteiger partial charge in [-0.2, -0.15) is 0 Å². The molecule has 0 saturated heterocycles. The molecule has 0 bridgehead atoms. The largest absolute Gasteiger partial charge is 0.497 e. The first-order valence-corrected chi connectivity index (χ1v) is 8.23. The monoisotopic (exact) mass is 357 g/mol. The maximum Gasteiger partial charge on any atom is 0.251 e. The van der Waals surface area contributed by atoms with E-state index in [0.717, 1.165) is 6.54 Å². The van der Waals surface area contributed by atoms with Crippen LogP contribution in [0.15, 0.2) is 41.5 Å². The molecule has 1 aliphatic heterocycles. The summed E-state index contributed by atoms with van der Waals surface area (Å²) in [4.78, 5) is 20.7. The number of carbonyl (C=O) groups is 1. The number of amides is 1. The Labute approximate surface area is 150 Å². The van der Waals surface area contributed by atoms with Crippen molar-refractivity contribution in [3.63, 3.8) is 0 Å². The molecule has 7 nitrogen and oxygen atoms in total. The van der Waals surface area contributed by atoms with Crippen LogP contribution in [0.25, 0.3) is 0 Å². The molecule has 1 amide bonds. The summed E-state index contributed by atoms with van der Waals surface area (Å²) in [5.41, 5.74) is 1.45. The number of aliphatic imine (C=N–C) groups is 1. The molecular formula is C18H20FN5O2. The summed E-state index contributed by atoms with van der Waals surface area (Å²) in [5, 5.41) is 8.84. The van der Waals surface area contributed by atoms with Crippen LogP contribution in [0.1, 0.15) is 21.6 Å². The van der Waals surface area contributed by atoms with E-state index in [9.17, 15) is 9.18 Å². The van der Waals surface area contributed by atoms with Crippen molar-refractivity contribution in [1.29, 1.82) is 0 Å². The second-order valence-electron chi connectivity index (χ2n) is 5.69. The molecule has 8 heteroatoms. The highest BCUT2D eigenvalue weighted by molar-refractivity contribution is 5.94. The number of carbonyl (C=O) groups excluding carboxylic acids is 1. The van der Waals surface area contributed by atoms with Crippen molar-refractivity contribution in [3.8, 4) is 5.75 Å². The lowest BCUT2D eigenvalue weighted by Crippen LogP contribution is -2.33. The molecule has 0 unspecified atom stereocenters. The Hall–Kier alpha value is -3.16. The van der Waals surface area contributed by atoms with Crippen molar-refractivity contribution in [1.82, 2.24) is 20.9 Å². The quantitative estimate of drug-likeness (QED) is 0.723. The number of methoxy groups -OCH3 is 1. The molecule has 1 aromatic heterocycles. The van der Waals surface area contributed by atoms with Gasteiger partial charge in [0.1, 0.15) is 11.6 Å². The average Bonchev–Trinajstić information content (AvgIpc) is 3.19. The predicted octanol–water partition coefficient (Wildman–Crippen LogP) is 1.21. The molecule has 3 rings (SSSR count). The Bertz CT molecular complexity index is 825. The fourth-order valence-electron chi connectivity index (χ4n) is 2.50. The van der Waals surface area contributed by atoms with Crippen molar-refractivity contribution in [3.05, 3.63) is 59.2 Å². The lowest BCUT2D eigenvalue weighted by molar-refractivity contribution is 0.0950. The topological polar surface area (TPSA) is 87.6 Å². The van der Waals surface area contributed by atoms with E-state index in [1.165, 1.54) is 18.2 Å². The van der Waals surface area contributed by atoms with Gasteiger partial charge in [0.25, 0.3) is 5.91 Å². The highest BCUT2D eigenvalue weighted by atomic mass is 19.1. The number of pyridine rings is 1. The summed E-state index contributed by atoms with van der Waals surface area (Å²) >= 11 is 0. The smallest absolute Gasteiger partial charge is 0.251 e. The maximum atomic E-state index is 14.0. The normalized spacial score (nSPS) is 12.9. The molecule has 1 aliphatic rings. The number of nitrogens with one attached hydrogen (secondary N) is 3. The van der Waals surface area contributed by atoms with Gasteiger partial charge in [-0.15, -0.1) is 0 Å². The zero-order valence-electron chi connectivity index (χ0n) is 14.4. The molecule has 0 aliphatic carbocycles. The van der Waals surface area contributed by atoms with Crippen LogP contribution in [-0.2, 0) is 13.1 Å². The second-order valence-corrected chi connectivity index (χ2v) is 5.69. The maximum absolute atomic E-state index is 14.0. The molecule has 136 valence electrons. The van der Waals surface area contributed by atoms with Gasteiger partial charge in [-0.1, -0.05) is 0 Å². The van der Waals surface area contributed by atoms with Crippen molar-refractivity contribution >= 4 is 11.9 Å². The van der Waals surface area contributed by atoms with E-state index in [1.54, 1.807) is 25.4 Å². The van der Waals surface area contributed by atoms with E-state index in [1.807, 2.05) is 0 Å². The lowest BCUT2D eigenvalue weighted by Gasteiger charge is -2.10. The molecule has 0 spiro atoms. The Kier molecular flexibility index (Phi) is 5.62. The zero-order valence-corrected chi connectivity index (χ0v) is 14.4. The Morgan fingerprint density at radius 3 is 2.96 bits per heavy atom. The summed E-state index contributed by atoms with van der Waals surface area (Å²) in [5.74, 6) is 0.639. The lowest BCUT2D eigenvalue weighted by atomic mass is 10.1. The first-order valence-electron chi connectivity index (χ1n) is 8.23. The number of rotatable bonds is 6. The minimum absolute atomic E-state index is 0.246. The third kappa shape index (κ3) is 4.47. The number of nitrogens with zero attached hydrogens (tertiary/aromatic N) is 2. The van der Waals surface area contributed by atoms with E-state index in [0.29, 0.717) is 35.1 Å². The first kappa shape index (κ1) is 17.7. The van der Waals surface area contributed by atoms with Crippen molar-refractivity contribution in [2.45, 2.75) is 13.1 Å². The van der Waals surface area contributed by atoms with E-state index in [2.05, 4.69) is 25.9 Å².